The van der Waals surface area contributed by atoms with Crippen LogP contribution in [0.3, 0.4) is 0 Å². The molecule has 0 rings (SSSR count). The molecule has 0 N–H and O–H groups in total. The van der Waals surface area contributed by atoms with E-state index in [4.69, 9.17) is 0 Å². The molecule has 1 atom stereocenters. The summed E-state index contributed by atoms with van der Waals surface area (Å²) in [7, 11) is -0.989. The van der Waals surface area contributed by atoms with Gasteiger partial charge in [-0.1, -0.05) is 13.8 Å². The molecule has 0 amide bonds. The highest BCUT2D eigenvalue weighted by Crippen LogP contribution is 1.99. The maximum absolute atomic E-state index is 9.70. The minimum atomic E-state index is -0.989. The lowest BCUT2D eigenvalue weighted by Gasteiger charge is -1.97. The van der Waals surface area contributed by atoms with Crippen molar-refractivity contribution in [3.63, 3.8) is 0 Å². The first-order chi connectivity index (χ1) is 3.27. The molecular weight excluding hydrogens is 111 g/mol. The lowest BCUT2D eigenvalue weighted by atomic mass is 10.2. The third-order valence-corrected chi connectivity index (χ3v) is 0.826. The zero-order valence-corrected chi connectivity index (χ0v) is 5.83. The molecule has 7 heavy (non-hydrogen) atoms. The fraction of sp³-hybridized carbons (Fsp3) is 1.00. The second-order valence-electron chi connectivity index (χ2n) is 1.82. The van der Waals surface area contributed by atoms with E-state index < -0.39 is 8.69 Å². The van der Waals surface area contributed by atoms with E-state index in [1.54, 1.807) is 0 Å². The quantitative estimate of drug-likeness (QED) is 0.528. The third-order valence-electron chi connectivity index (χ3n) is 0.498. The Balaban J connectivity index is 2.81. The molecule has 0 aliphatic heterocycles. The van der Waals surface area contributed by atoms with Crippen molar-refractivity contribution in [3.05, 3.63) is 0 Å². The Morgan fingerprint density at radius 1 is 1.71 bits per heavy atom. The highest BCUT2D eigenvalue weighted by Gasteiger charge is 1.88. The standard InChI is InChI=1S/C4H11O2P/c1-4(2)3-6-7-5/h4H,3,7H2,1-2H3. The minimum Gasteiger partial charge on any atom is -0.332 e. The Labute approximate surface area is 45.2 Å². The molecule has 0 aliphatic rings. The van der Waals surface area contributed by atoms with Gasteiger partial charge in [-0.3, -0.25) is 4.57 Å². The Hall–Kier alpha value is 0.190. The van der Waals surface area contributed by atoms with Crippen LogP contribution in [0.2, 0.25) is 0 Å². The molecule has 2 nitrogen and oxygen atoms in total. The van der Waals surface area contributed by atoms with Crippen LogP contribution in [-0.2, 0) is 9.09 Å². The maximum Gasteiger partial charge on any atom is 0.179 e. The fourth-order valence-electron chi connectivity index (χ4n) is 0.232. The van der Waals surface area contributed by atoms with Crippen LogP contribution in [0.1, 0.15) is 13.8 Å². The van der Waals surface area contributed by atoms with Gasteiger partial charge in [0.05, 0.1) is 6.61 Å². The second-order valence-corrected chi connectivity index (χ2v) is 2.35. The van der Waals surface area contributed by atoms with Gasteiger partial charge < -0.3 is 4.52 Å². The van der Waals surface area contributed by atoms with Gasteiger partial charge in [-0.25, -0.2) is 0 Å². The van der Waals surface area contributed by atoms with E-state index in [0.717, 1.165) is 0 Å². The molecule has 44 valence electrons. The monoisotopic (exact) mass is 122 g/mol. The van der Waals surface area contributed by atoms with Gasteiger partial charge in [0.15, 0.2) is 8.69 Å². The molecule has 0 heterocycles. The van der Waals surface area contributed by atoms with Crippen molar-refractivity contribution in [2.24, 2.45) is 5.92 Å². The number of hydrogen-bond acceptors (Lipinski definition) is 2. The van der Waals surface area contributed by atoms with Gasteiger partial charge in [-0.2, -0.15) is 0 Å². The van der Waals surface area contributed by atoms with Gasteiger partial charge in [0.2, 0.25) is 0 Å². The molecule has 0 bridgehead atoms. The van der Waals surface area contributed by atoms with Crippen molar-refractivity contribution < 1.29 is 9.09 Å². The lowest BCUT2D eigenvalue weighted by Crippen LogP contribution is -1.93. The van der Waals surface area contributed by atoms with Crippen LogP contribution in [0.4, 0.5) is 0 Å². The van der Waals surface area contributed by atoms with Crippen LogP contribution in [-0.4, -0.2) is 6.61 Å². The van der Waals surface area contributed by atoms with Crippen molar-refractivity contribution in [2.45, 2.75) is 13.8 Å². The first-order valence-corrected chi connectivity index (χ1v) is 3.27. The molecule has 0 aromatic rings. The van der Waals surface area contributed by atoms with Gasteiger partial charge in [0, 0.05) is 0 Å². The minimum absolute atomic E-state index is 0.501. The average Bonchev–Trinajstić information content (AvgIpc) is 1.61. The van der Waals surface area contributed by atoms with E-state index in [1.165, 1.54) is 0 Å². The van der Waals surface area contributed by atoms with E-state index >= 15 is 0 Å². The predicted octanol–water partition coefficient (Wildman–Crippen LogP) is 1.33. The highest BCUT2D eigenvalue weighted by atomic mass is 31.1. The lowest BCUT2D eigenvalue weighted by molar-refractivity contribution is 0.293. The van der Waals surface area contributed by atoms with E-state index in [2.05, 4.69) is 4.52 Å². The zero-order valence-electron chi connectivity index (χ0n) is 4.68. The van der Waals surface area contributed by atoms with Crippen molar-refractivity contribution in [1.29, 1.82) is 0 Å². The van der Waals surface area contributed by atoms with Crippen LogP contribution in [0.15, 0.2) is 0 Å². The van der Waals surface area contributed by atoms with Gasteiger partial charge >= 0.3 is 0 Å². The average molecular weight is 122 g/mol. The summed E-state index contributed by atoms with van der Waals surface area (Å²) in [6.45, 7) is 4.67. The van der Waals surface area contributed by atoms with Crippen LogP contribution < -0.4 is 0 Å². The van der Waals surface area contributed by atoms with Gasteiger partial charge in [-0.05, 0) is 5.92 Å². The molecule has 0 saturated carbocycles. The summed E-state index contributed by atoms with van der Waals surface area (Å²) in [5.41, 5.74) is 0. The smallest absolute Gasteiger partial charge is 0.179 e. The summed E-state index contributed by atoms with van der Waals surface area (Å²) in [6, 6.07) is 0. The molecule has 0 radical (unpaired) electrons. The second kappa shape index (κ2) is 4.35. The Bertz CT molecular complexity index is 53.7. The normalized spacial score (nSPS) is 11.9. The molecule has 1 unspecified atom stereocenters. The molecular formula is C4H11O2P. The van der Waals surface area contributed by atoms with Crippen LogP contribution in [0, 0.1) is 5.92 Å². The van der Waals surface area contributed by atoms with Crippen molar-refractivity contribution in [3.8, 4) is 0 Å². The van der Waals surface area contributed by atoms with Gasteiger partial charge in [-0.15, -0.1) is 0 Å². The van der Waals surface area contributed by atoms with Gasteiger partial charge in [0.1, 0.15) is 0 Å². The molecule has 0 aromatic carbocycles. The van der Waals surface area contributed by atoms with Crippen molar-refractivity contribution >= 4 is 8.69 Å². The van der Waals surface area contributed by atoms with E-state index in [0.29, 0.717) is 12.5 Å². The first kappa shape index (κ1) is 7.19. The number of rotatable bonds is 3. The maximum atomic E-state index is 9.70. The predicted molar refractivity (Wildman–Crippen MR) is 31.2 cm³/mol. The fourth-order valence-corrected chi connectivity index (χ4v) is 0.695. The largest absolute Gasteiger partial charge is 0.332 e. The molecule has 0 aromatic heterocycles. The summed E-state index contributed by atoms with van der Waals surface area (Å²) >= 11 is 0. The number of hydrogen-bond donors (Lipinski definition) is 0. The Kier molecular flexibility index (Phi) is 4.47. The molecule has 0 saturated heterocycles. The Morgan fingerprint density at radius 2 is 2.29 bits per heavy atom. The molecule has 3 heteroatoms. The van der Waals surface area contributed by atoms with Gasteiger partial charge in [0.25, 0.3) is 0 Å². The van der Waals surface area contributed by atoms with Crippen molar-refractivity contribution in [1.82, 2.24) is 0 Å². The first-order valence-electron chi connectivity index (χ1n) is 2.32. The van der Waals surface area contributed by atoms with Crippen molar-refractivity contribution in [2.75, 3.05) is 6.61 Å². The third kappa shape index (κ3) is 6.19. The van der Waals surface area contributed by atoms with Crippen LogP contribution in [0.25, 0.3) is 0 Å². The van der Waals surface area contributed by atoms with E-state index in [-0.39, 0.29) is 0 Å². The summed E-state index contributed by atoms with van der Waals surface area (Å²) in [5, 5.41) is 0. The molecule has 0 fully saturated rings. The topological polar surface area (TPSA) is 26.3 Å². The summed E-state index contributed by atoms with van der Waals surface area (Å²) < 4.78 is 14.3. The summed E-state index contributed by atoms with van der Waals surface area (Å²) in [6.07, 6.45) is 0. The van der Waals surface area contributed by atoms with Crippen LogP contribution >= 0.6 is 8.69 Å². The van der Waals surface area contributed by atoms with E-state index in [1.807, 2.05) is 13.8 Å². The molecule has 0 aliphatic carbocycles. The summed E-state index contributed by atoms with van der Waals surface area (Å²) in [5.74, 6) is 0.501. The highest BCUT2D eigenvalue weighted by molar-refractivity contribution is 7.17. The summed E-state index contributed by atoms with van der Waals surface area (Å²) in [4.78, 5) is 0. The van der Waals surface area contributed by atoms with E-state index in [9.17, 15) is 4.57 Å². The SMILES string of the molecule is CC(C)CO[PH2]=O. The Morgan fingerprint density at radius 3 is 2.43 bits per heavy atom. The van der Waals surface area contributed by atoms with Crippen LogP contribution in [0.5, 0.6) is 0 Å². The zero-order chi connectivity index (χ0) is 5.70. The molecule has 0 spiro atoms.